The highest BCUT2D eigenvalue weighted by atomic mass is 16.5. The van der Waals surface area contributed by atoms with Crippen molar-refractivity contribution in [2.75, 3.05) is 21.3 Å². The van der Waals surface area contributed by atoms with Crippen molar-refractivity contribution in [1.82, 2.24) is 9.88 Å². The number of hydrogen-bond donors (Lipinski definition) is 0. The van der Waals surface area contributed by atoms with E-state index in [1.807, 2.05) is 44.2 Å². The van der Waals surface area contributed by atoms with E-state index in [-0.39, 0.29) is 6.04 Å². The van der Waals surface area contributed by atoms with Crippen LogP contribution in [0.15, 0.2) is 46.9 Å². The van der Waals surface area contributed by atoms with Crippen molar-refractivity contribution in [1.29, 1.82) is 0 Å². The molecule has 28 heavy (non-hydrogen) atoms. The zero-order valence-electron chi connectivity index (χ0n) is 17.4. The maximum Gasteiger partial charge on any atom is 0.226 e. The molecule has 0 aliphatic heterocycles. The average Bonchev–Trinajstić information content (AvgIpc) is 3.07. The second-order valence-corrected chi connectivity index (χ2v) is 7.07. The fourth-order valence-electron chi connectivity index (χ4n) is 3.22. The minimum Gasteiger partial charge on any atom is -0.497 e. The molecule has 3 aromatic rings. The van der Waals surface area contributed by atoms with E-state index in [1.165, 1.54) is 5.56 Å². The SMILES string of the molecule is COc1ccc([C@@H](C)N(C)Cc2nc(-c3ccc(OC)c(C)c3)oc2C)cc1. The first-order valence-corrected chi connectivity index (χ1v) is 9.38. The third kappa shape index (κ3) is 4.20. The number of hydrogen-bond acceptors (Lipinski definition) is 5. The number of aryl methyl sites for hydroxylation is 2. The zero-order valence-corrected chi connectivity index (χ0v) is 17.4. The highest BCUT2D eigenvalue weighted by Gasteiger charge is 2.18. The number of ether oxygens (including phenoxy) is 2. The van der Waals surface area contributed by atoms with Crippen molar-refractivity contribution in [3.63, 3.8) is 0 Å². The van der Waals surface area contributed by atoms with Crippen molar-refractivity contribution >= 4 is 0 Å². The summed E-state index contributed by atoms with van der Waals surface area (Å²) in [7, 11) is 5.45. The topological polar surface area (TPSA) is 47.7 Å². The van der Waals surface area contributed by atoms with Gasteiger partial charge in [-0.05, 0) is 69.3 Å². The third-order valence-corrected chi connectivity index (χ3v) is 5.19. The Hall–Kier alpha value is -2.79. The predicted molar refractivity (Wildman–Crippen MR) is 111 cm³/mol. The molecule has 1 aromatic heterocycles. The molecule has 0 N–H and O–H groups in total. The number of benzene rings is 2. The summed E-state index contributed by atoms with van der Waals surface area (Å²) in [5.74, 6) is 3.21. The van der Waals surface area contributed by atoms with E-state index in [2.05, 4.69) is 31.0 Å². The summed E-state index contributed by atoms with van der Waals surface area (Å²) in [6.45, 7) is 6.88. The quantitative estimate of drug-likeness (QED) is 0.566. The maximum atomic E-state index is 5.95. The van der Waals surface area contributed by atoms with E-state index < -0.39 is 0 Å². The Morgan fingerprint density at radius 1 is 1.04 bits per heavy atom. The predicted octanol–water partition coefficient (Wildman–Crippen LogP) is 5.17. The van der Waals surface area contributed by atoms with Gasteiger partial charge in [-0.3, -0.25) is 4.90 Å². The molecule has 0 amide bonds. The van der Waals surface area contributed by atoms with Crippen molar-refractivity contribution in [2.24, 2.45) is 0 Å². The molecule has 0 bridgehead atoms. The van der Waals surface area contributed by atoms with Crippen LogP contribution in [-0.4, -0.2) is 31.2 Å². The summed E-state index contributed by atoms with van der Waals surface area (Å²) in [5.41, 5.74) is 4.20. The normalized spacial score (nSPS) is 12.2. The first kappa shape index (κ1) is 20.0. The molecule has 0 unspecified atom stereocenters. The molecule has 0 fully saturated rings. The monoisotopic (exact) mass is 380 g/mol. The summed E-state index contributed by atoms with van der Waals surface area (Å²) in [5, 5.41) is 0. The standard InChI is InChI=1S/C23H28N2O3/c1-15-13-19(9-12-22(15)27-6)23-24-21(17(3)28-23)14-25(4)16(2)18-7-10-20(26-5)11-8-18/h7-13,16H,14H2,1-6H3/t16-/m1/s1. The van der Waals surface area contributed by atoms with Gasteiger partial charge in [0.15, 0.2) is 0 Å². The number of rotatable bonds is 7. The van der Waals surface area contributed by atoms with Crippen LogP contribution >= 0.6 is 0 Å². The van der Waals surface area contributed by atoms with Gasteiger partial charge in [-0.15, -0.1) is 0 Å². The first-order chi connectivity index (χ1) is 13.4. The van der Waals surface area contributed by atoms with Crippen LogP contribution in [0.4, 0.5) is 0 Å². The van der Waals surface area contributed by atoms with E-state index >= 15 is 0 Å². The fourth-order valence-corrected chi connectivity index (χ4v) is 3.22. The highest BCUT2D eigenvalue weighted by Crippen LogP contribution is 2.29. The van der Waals surface area contributed by atoms with Gasteiger partial charge in [0.05, 0.1) is 19.9 Å². The molecular weight excluding hydrogens is 352 g/mol. The highest BCUT2D eigenvalue weighted by molar-refractivity contribution is 5.57. The largest absolute Gasteiger partial charge is 0.497 e. The lowest BCUT2D eigenvalue weighted by molar-refractivity contribution is 0.249. The summed E-state index contributed by atoms with van der Waals surface area (Å²) >= 11 is 0. The summed E-state index contributed by atoms with van der Waals surface area (Å²) in [4.78, 5) is 7.01. The molecule has 1 heterocycles. The summed E-state index contributed by atoms with van der Waals surface area (Å²) in [6, 6.07) is 14.4. The van der Waals surface area contributed by atoms with Crippen LogP contribution < -0.4 is 9.47 Å². The van der Waals surface area contributed by atoms with Gasteiger partial charge in [0.25, 0.3) is 0 Å². The Balaban J connectivity index is 1.76. The minimum atomic E-state index is 0.244. The molecule has 0 saturated heterocycles. The molecule has 148 valence electrons. The molecular formula is C23H28N2O3. The minimum absolute atomic E-state index is 0.244. The van der Waals surface area contributed by atoms with Gasteiger partial charge < -0.3 is 13.9 Å². The average molecular weight is 380 g/mol. The molecule has 0 radical (unpaired) electrons. The van der Waals surface area contributed by atoms with Crippen molar-refractivity contribution in [2.45, 2.75) is 33.4 Å². The second kappa shape index (κ2) is 8.48. The van der Waals surface area contributed by atoms with Gasteiger partial charge in [-0.2, -0.15) is 0 Å². The smallest absolute Gasteiger partial charge is 0.226 e. The molecule has 0 aliphatic carbocycles. The van der Waals surface area contributed by atoms with E-state index in [1.54, 1.807) is 14.2 Å². The number of oxazole rings is 1. The van der Waals surface area contributed by atoms with Crippen LogP contribution in [0.5, 0.6) is 11.5 Å². The molecule has 0 spiro atoms. The Bertz CT molecular complexity index is 932. The molecule has 1 atom stereocenters. The Morgan fingerprint density at radius 2 is 1.75 bits per heavy atom. The van der Waals surface area contributed by atoms with Crippen molar-refractivity contribution in [3.8, 4) is 23.0 Å². The van der Waals surface area contributed by atoms with Crippen LogP contribution in [0.3, 0.4) is 0 Å². The Kier molecular flexibility index (Phi) is 6.05. The van der Waals surface area contributed by atoms with Crippen molar-refractivity contribution < 1.29 is 13.9 Å². The van der Waals surface area contributed by atoms with E-state index in [9.17, 15) is 0 Å². The van der Waals surface area contributed by atoms with Gasteiger partial charge in [-0.25, -0.2) is 4.98 Å². The number of nitrogens with zero attached hydrogens (tertiary/aromatic N) is 2. The van der Waals surface area contributed by atoms with E-state index in [4.69, 9.17) is 18.9 Å². The van der Waals surface area contributed by atoms with Crippen LogP contribution in [0.1, 0.15) is 35.5 Å². The third-order valence-electron chi connectivity index (χ3n) is 5.19. The lowest BCUT2D eigenvalue weighted by atomic mass is 10.1. The van der Waals surface area contributed by atoms with Crippen LogP contribution in [0.2, 0.25) is 0 Å². The van der Waals surface area contributed by atoms with Crippen LogP contribution in [-0.2, 0) is 6.54 Å². The first-order valence-electron chi connectivity index (χ1n) is 9.38. The summed E-state index contributed by atoms with van der Waals surface area (Å²) in [6.07, 6.45) is 0. The Labute approximate surface area is 166 Å². The summed E-state index contributed by atoms with van der Waals surface area (Å²) < 4.78 is 16.5. The van der Waals surface area contributed by atoms with Gasteiger partial charge in [0, 0.05) is 18.2 Å². The molecule has 5 heteroatoms. The van der Waals surface area contributed by atoms with Gasteiger partial charge in [0.2, 0.25) is 5.89 Å². The number of aromatic nitrogens is 1. The molecule has 5 nitrogen and oxygen atoms in total. The van der Waals surface area contributed by atoms with Crippen molar-refractivity contribution in [3.05, 3.63) is 65.0 Å². The lowest BCUT2D eigenvalue weighted by Gasteiger charge is -2.24. The molecule has 3 rings (SSSR count). The fraction of sp³-hybridized carbons (Fsp3) is 0.348. The molecule has 0 aliphatic rings. The molecule has 2 aromatic carbocycles. The lowest BCUT2D eigenvalue weighted by Crippen LogP contribution is -2.22. The van der Waals surface area contributed by atoms with Crippen LogP contribution in [0, 0.1) is 13.8 Å². The van der Waals surface area contributed by atoms with Gasteiger partial charge in [-0.1, -0.05) is 12.1 Å². The maximum absolute atomic E-state index is 5.95. The zero-order chi connectivity index (χ0) is 20.3. The van der Waals surface area contributed by atoms with E-state index in [0.29, 0.717) is 12.4 Å². The second-order valence-electron chi connectivity index (χ2n) is 7.07. The van der Waals surface area contributed by atoms with Gasteiger partial charge in [0.1, 0.15) is 17.3 Å². The Morgan fingerprint density at radius 3 is 2.36 bits per heavy atom. The molecule has 0 saturated carbocycles. The van der Waals surface area contributed by atoms with Gasteiger partial charge >= 0.3 is 0 Å². The van der Waals surface area contributed by atoms with E-state index in [0.717, 1.165) is 34.1 Å². The number of methoxy groups -OCH3 is 2. The van der Waals surface area contributed by atoms with Crippen LogP contribution in [0.25, 0.3) is 11.5 Å².